The smallest absolute Gasteiger partial charge is 0.245 e. The third-order valence-corrected chi connectivity index (χ3v) is 6.44. The first kappa shape index (κ1) is 22.6. The number of hydrazone groups is 1. The summed E-state index contributed by atoms with van der Waals surface area (Å²) >= 11 is 0. The number of hydrogen-bond acceptors (Lipinski definition) is 3. The highest BCUT2D eigenvalue weighted by molar-refractivity contribution is 6.11. The summed E-state index contributed by atoms with van der Waals surface area (Å²) in [5.41, 5.74) is 6.35. The van der Waals surface area contributed by atoms with Crippen LogP contribution in [0.1, 0.15) is 28.2 Å². The maximum absolute atomic E-state index is 13.8. The Hall–Kier alpha value is -4.18. The molecule has 35 heavy (non-hydrogen) atoms. The largest absolute Gasteiger partial charge is 0.354 e. The van der Waals surface area contributed by atoms with Gasteiger partial charge in [-0.2, -0.15) is 5.10 Å². The number of carbonyl (C=O) groups excluding carboxylic acids is 1. The van der Waals surface area contributed by atoms with Crippen molar-refractivity contribution in [1.82, 2.24) is 5.32 Å². The summed E-state index contributed by atoms with van der Waals surface area (Å²) in [5, 5.41) is 10.1. The van der Waals surface area contributed by atoms with Crippen LogP contribution in [0, 0.1) is 6.92 Å². The van der Waals surface area contributed by atoms with Gasteiger partial charge in [-0.25, -0.2) is 0 Å². The highest BCUT2D eigenvalue weighted by Crippen LogP contribution is 2.37. The lowest BCUT2D eigenvalue weighted by molar-refractivity contribution is -0.122. The normalized spacial score (nSPS) is 17.2. The Morgan fingerprint density at radius 2 is 1.40 bits per heavy atom. The Kier molecular flexibility index (Phi) is 6.71. The SMILES string of the molecule is Cc1ccc(CCNC(=O)C2C(c3ccccc3)C(c3ccccc3)=NN2c2ccccc2)cc1. The van der Waals surface area contributed by atoms with Gasteiger partial charge in [0.05, 0.1) is 17.3 Å². The lowest BCUT2D eigenvalue weighted by Crippen LogP contribution is -2.46. The molecule has 0 saturated carbocycles. The second-order valence-corrected chi connectivity index (χ2v) is 8.89. The van der Waals surface area contributed by atoms with E-state index < -0.39 is 6.04 Å². The number of amides is 1. The van der Waals surface area contributed by atoms with E-state index in [-0.39, 0.29) is 11.8 Å². The van der Waals surface area contributed by atoms with E-state index in [0.29, 0.717) is 6.54 Å². The second-order valence-electron chi connectivity index (χ2n) is 8.89. The maximum Gasteiger partial charge on any atom is 0.245 e. The number of nitrogens with one attached hydrogen (secondary N) is 1. The summed E-state index contributed by atoms with van der Waals surface area (Å²) in [4.78, 5) is 13.8. The van der Waals surface area contributed by atoms with Crippen molar-refractivity contribution in [3.8, 4) is 0 Å². The average molecular weight is 460 g/mol. The van der Waals surface area contributed by atoms with Gasteiger partial charge in [0.2, 0.25) is 5.91 Å². The minimum atomic E-state index is -0.493. The predicted molar refractivity (Wildman–Crippen MR) is 143 cm³/mol. The molecule has 4 aromatic rings. The Labute approximate surface area is 206 Å². The predicted octanol–water partition coefficient (Wildman–Crippen LogP) is 5.73. The fourth-order valence-electron chi connectivity index (χ4n) is 4.63. The molecule has 1 aliphatic rings. The highest BCUT2D eigenvalue weighted by atomic mass is 16.2. The third-order valence-electron chi connectivity index (χ3n) is 6.44. The van der Waals surface area contributed by atoms with Crippen LogP contribution in [-0.2, 0) is 11.2 Å². The van der Waals surface area contributed by atoms with Crippen molar-refractivity contribution < 1.29 is 4.79 Å². The van der Waals surface area contributed by atoms with Crippen LogP contribution in [0.25, 0.3) is 0 Å². The molecular formula is C31H29N3O. The topological polar surface area (TPSA) is 44.7 Å². The van der Waals surface area contributed by atoms with Gasteiger partial charge in [0, 0.05) is 6.54 Å². The standard InChI is InChI=1S/C31H29N3O/c1-23-17-19-24(20-18-23)21-22-32-31(35)30-28(25-11-5-2-6-12-25)29(26-13-7-3-8-14-26)33-34(30)27-15-9-4-10-16-27/h2-20,28,30H,21-22H2,1H3,(H,32,35). The average Bonchev–Trinajstić information content (AvgIpc) is 3.32. The molecular weight excluding hydrogens is 430 g/mol. The molecule has 0 aromatic heterocycles. The molecule has 5 rings (SSSR count). The molecule has 0 saturated heterocycles. The molecule has 1 heterocycles. The van der Waals surface area contributed by atoms with E-state index in [0.717, 1.165) is 28.9 Å². The van der Waals surface area contributed by atoms with Crippen LogP contribution in [0.3, 0.4) is 0 Å². The zero-order valence-electron chi connectivity index (χ0n) is 19.8. The summed E-state index contributed by atoms with van der Waals surface area (Å²) in [7, 11) is 0. The second kappa shape index (κ2) is 10.4. The first-order valence-electron chi connectivity index (χ1n) is 12.1. The summed E-state index contributed by atoms with van der Waals surface area (Å²) < 4.78 is 0. The van der Waals surface area contributed by atoms with Crippen LogP contribution >= 0.6 is 0 Å². The van der Waals surface area contributed by atoms with Crippen molar-refractivity contribution in [1.29, 1.82) is 0 Å². The Morgan fingerprint density at radius 3 is 2.06 bits per heavy atom. The van der Waals surface area contributed by atoms with E-state index in [2.05, 4.69) is 60.8 Å². The minimum Gasteiger partial charge on any atom is -0.354 e. The van der Waals surface area contributed by atoms with Crippen LogP contribution in [0.4, 0.5) is 5.69 Å². The molecule has 174 valence electrons. The molecule has 0 bridgehead atoms. The molecule has 2 atom stereocenters. The zero-order chi connectivity index (χ0) is 24.0. The van der Waals surface area contributed by atoms with E-state index in [1.165, 1.54) is 11.1 Å². The maximum atomic E-state index is 13.8. The van der Waals surface area contributed by atoms with E-state index in [1.807, 2.05) is 71.7 Å². The van der Waals surface area contributed by atoms with Gasteiger partial charge in [0.25, 0.3) is 0 Å². The molecule has 1 aliphatic heterocycles. The lowest BCUT2D eigenvalue weighted by atomic mass is 9.84. The zero-order valence-corrected chi connectivity index (χ0v) is 19.8. The molecule has 0 aliphatic carbocycles. The first-order valence-corrected chi connectivity index (χ1v) is 12.1. The van der Waals surface area contributed by atoms with Gasteiger partial charge in [-0.3, -0.25) is 9.80 Å². The summed E-state index contributed by atoms with van der Waals surface area (Å²) in [6, 6.07) is 38.3. The molecule has 0 fully saturated rings. The molecule has 1 N–H and O–H groups in total. The van der Waals surface area contributed by atoms with Gasteiger partial charge in [0.1, 0.15) is 6.04 Å². The number of nitrogens with zero attached hydrogens (tertiary/aromatic N) is 2. The molecule has 1 amide bonds. The van der Waals surface area contributed by atoms with Gasteiger partial charge in [-0.05, 0) is 42.2 Å². The van der Waals surface area contributed by atoms with Gasteiger partial charge in [0.15, 0.2) is 0 Å². The van der Waals surface area contributed by atoms with Crippen LogP contribution in [0.15, 0.2) is 120 Å². The van der Waals surface area contributed by atoms with E-state index >= 15 is 0 Å². The van der Waals surface area contributed by atoms with Crippen molar-refractivity contribution in [2.75, 3.05) is 11.6 Å². The van der Waals surface area contributed by atoms with Crippen molar-refractivity contribution in [2.45, 2.75) is 25.3 Å². The molecule has 4 nitrogen and oxygen atoms in total. The number of carbonyl (C=O) groups is 1. The van der Waals surface area contributed by atoms with Crippen molar-refractivity contribution in [2.24, 2.45) is 5.10 Å². The number of hydrogen-bond donors (Lipinski definition) is 1. The van der Waals surface area contributed by atoms with Crippen molar-refractivity contribution in [3.63, 3.8) is 0 Å². The van der Waals surface area contributed by atoms with E-state index in [1.54, 1.807) is 0 Å². The van der Waals surface area contributed by atoms with Gasteiger partial charge < -0.3 is 5.32 Å². The lowest BCUT2D eigenvalue weighted by Gasteiger charge is -2.27. The molecule has 4 aromatic carbocycles. The Morgan fingerprint density at radius 1 is 0.800 bits per heavy atom. The highest BCUT2D eigenvalue weighted by Gasteiger charge is 2.44. The molecule has 0 spiro atoms. The van der Waals surface area contributed by atoms with E-state index in [9.17, 15) is 4.79 Å². The van der Waals surface area contributed by atoms with Gasteiger partial charge in [-0.1, -0.05) is 109 Å². The van der Waals surface area contributed by atoms with Crippen molar-refractivity contribution >= 4 is 17.3 Å². The van der Waals surface area contributed by atoms with E-state index in [4.69, 9.17) is 5.10 Å². The van der Waals surface area contributed by atoms with Crippen molar-refractivity contribution in [3.05, 3.63) is 138 Å². The number of rotatable bonds is 7. The quantitative estimate of drug-likeness (QED) is 0.384. The molecule has 2 unspecified atom stereocenters. The first-order chi connectivity index (χ1) is 17.2. The fraction of sp³-hybridized carbons (Fsp3) is 0.161. The summed E-state index contributed by atoms with van der Waals surface area (Å²) in [6.07, 6.45) is 0.784. The molecule has 4 heteroatoms. The van der Waals surface area contributed by atoms with Crippen LogP contribution in [0.5, 0.6) is 0 Å². The summed E-state index contributed by atoms with van der Waals surface area (Å²) in [6.45, 7) is 2.65. The Balaban J connectivity index is 1.48. The van der Waals surface area contributed by atoms with Gasteiger partial charge >= 0.3 is 0 Å². The monoisotopic (exact) mass is 459 g/mol. The summed E-state index contributed by atoms with van der Waals surface area (Å²) in [5.74, 6) is -0.220. The number of benzene rings is 4. The van der Waals surface area contributed by atoms with Crippen LogP contribution < -0.4 is 10.3 Å². The fourth-order valence-corrected chi connectivity index (χ4v) is 4.63. The van der Waals surface area contributed by atoms with Crippen LogP contribution in [-0.4, -0.2) is 24.2 Å². The van der Waals surface area contributed by atoms with Gasteiger partial charge in [-0.15, -0.1) is 0 Å². The molecule has 0 radical (unpaired) electrons. The number of anilines is 1. The minimum absolute atomic E-state index is 0.0236. The Bertz CT molecular complexity index is 1290. The third kappa shape index (κ3) is 5.02. The van der Waals surface area contributed by atoms with Crippen LogP contribution in [0.2, 0.25) is 0 Å². The number of para-hydroxylation sites is 1. The number of aryl methyl sites for hydroxylation is 1.